The molecule has 0 spiro atoms. The van der Waals surface area contributed by atoms with Crippen molar-refractivity contribution in [3.63, 3.8) is 0 Å². The summed E-state index contributed by atoms with van der Waals surface area (Å²) in [7, 11) is 1.57. The van der Waals surface area contributed by atoms with Crippen LogP contribution in [-0.2, 0) is 9.53 Å². The molecule has 0 aliphatic heterocycles. The number of fused-ring (bicyclic) bond motifs is 4. The predicted octanol–water partition coefficient (Wildman–Crippen LogP) is 2.86. The third-order valence-electron chi connectivity index (χ3n) is 10.9. The average Bonchev–Trinajstić information content (AvgIpc) is 3.30. The molecule has 0 heterocycles. The van der Waals surface area contributed by atoms with Gasteiger partial charge in [-0.05, 0) is 97.7 Å². The van der Waals surface area contributed by atoms with Crippen LogP contribution in [0.25, 0.3) is 0 Å². The fourth-order valence-electron chi connectivity index (χ4n) is 11.1. The monoisotopic (exact) mass is 328 g/mol. The van der Waals surface area contributed by atoms with E-state index in [0.717, 1.165) is 17.8 Å². The molecule has 0 unspecified atom stereocenters. The van der Waals surface area contributed by atoms with Gasteiger partial charge in [0.15, 0.2) is 0 Å². The van der Waals surface area contributed by atoms with E-state index in [4.69, 9.17) is 4.74 Å². The number of hydrogen-bond donors (Lipinski definition) is 1. The molecule has 0 radical (unpaired) electrons. The van der Waals surface area contributed by atoms with Gasteiger partial charge < -0.3 is 9.84 Å². The van der Waals surface area contributed by atoms with E-state index in [2.05, 4.69) is 0 Å². The fourth-order valence-corrected chi connectivity index (χ4v) is 11.1. The number of ether oxygens (including phenoxy) is 1. The highest BCUT2D eigenvalue weighted by atomic mass is 16.5. The molecule has 130 valence electrons. The standard InChI is InChI=1S/C21H28O3/c1-24-19(22)20-15-7-12(9-3-2-4-10(9)15)18-13-8-16(20)11-5-6-14(17(11)13)21(18,20)23/h9-18,23H,2-8H2,1H3/t9-,10+,11-,12+,13-,14+,15+,16+,17+,18-,20+,21+/m1/s1. The predicted molar refractivity (Wildman–Crippen MR) is 86.6 cm³/mol. The van der Waals surface area contributed by atoms with Crippen LogP contribution in [0.15, 0.2) is 0 Å². The lowest BCUT2D eigenvalue weighted by Crippen LogP contribution is -2.71. The number of aliphatic hydroxyl groups is 1. The molecule has 0 saturated heterocycles. The molecule has 0 aromatic carbocycles. The molecule has 0 aromatic rings. The van der Waals surface area contributed by atoms with Crippen molar-refractivity contribution in [3.05, 3.63) is 0 Å². The summed E-state index contributed by atoms with van der Waals surface area (Å²) in [6.45, 7) is 0. The zero-order valence-electron chi connectivity index (χ0n) is 14.5. The van der Waals surface area contributed by atoms with Crippen LogP contribution in [0.1, 0.15) is 44.9 Å². The van der Waals surface area contributed by atoms with E-state index < -0.39 is 11.0 Å². The zero-order valence-corrected chi connectivity index (χ0v) is 14.5. The van der Waals surface area contributed by atoms with Crippen molar-refractivity contribution in [1.82, 2.24) is 0 Å². The van der Waals surface area contributed by atoms with Crippen LogP contribution in [0.3, 0.4) is 0 Å². The summed E-state index contributed by atoms with van der Waals surface area (Å²) in [6, 6.07) is 0. The largest absolute Gasteiger partial charge is 0.468 e. The molecule has 7 aliphatic carbocycles. The minimum absolute atomic E-state index is 0.0216. The summed E-state index contributed by atoms with van der Waals surface area (Å²) in [4.78, 5) is 13.4. The summed E-state index contributed by atoms with van der Waals surface area (Å²) < 4.78 is 5.50. The van der Waals surface area contributed by atoms with E-state index in [0.29, 0.717) is 41.4 Å². The fraction of sp³-hybridized carbons (Fsp3) is 0.952. The number of carbonyl (C=O) groups excluding carboxylic acids is 1. The van der Waals surface area contributed by atoms with Gasteiger partial charge in [0, 0.05) is 0 Å². The van der Waals surface area contributed by atoms with Crippen molar-refractivity contribution in [2.45, 2.75) is 50.5 Å². The maximum atomic E-state index is 13.4. The van der Waals surface area contributed by atoms with Crippen LogP contribution < -0.4 is 0 Å². The maximum absolute atomic E-state index is 13.4. The van der Waals surface area contributed by atoms with Crippen molar-refractivity contribution < 1.29 is 14.6 Å². The Bertz CT molecular complexity index is 659. The number of methoxy groups -OCH3 is 1. The van der Waals surface area contributed by atoms with E-state index >= 15 is 0 Å². The first-order chi connectivity index (χ1) is 11.7. The molecular formula is C21H28O3. The first kappa shape index (κ1) is 13.6. The van der Waals surface area contributed by atoms with Gasteiger partial charge in [0.25, 0.3) is 0 Å². The van der Waals surface area contributed by atoms with Crippen molar-refractivity contribution >= 4 is 5.97 Å². The Balaban J connectivity index is 1.55. The van der Waals surface area contributed by atoms with Gasteiger partial charge in [-0.3, -0.25) is 4.79 Å². The number of hydrogen-bond acceptors (Lipinski definition) is 3. The van der Waals surface area contributed by atoms with E-state index in [9.17, 15) is 9.90 Å². The second-order valence-corrected chi connectivity index (χ2v) is 10.4. The quantitative estimate of drug-likeness (QED) is 0.753. The lowest BCUT2D eigenvalue weighted by molar-refractivity contribution is -0.257. The van der Waals surface area contributed by atoms with Crippen molar-refractivity contribution in [2.24, 2.45) is 64.6 Å². The molecule has 1 N–H and O–H groups in total. The highest BCUT2D eigenvalue weighted by Gasteiger charge is 2.89. The first-order valence-electron chi connectivity index (χ1n) is 10.5. The highest BCUT2D eigenvalue weighted by Crippen LogP contribution is 2.86. The second kappa shape index (κ2) is 3.75. The lowest BCUT2D eigenvalue weighted by Gasteiger charge is -2.63. The first-order valence-corrected chi connectivity index (χ1v) is 10.5. The summed E-state index contributed by atoms with van der Waals surface area (Å²) in [5.74, 6) is 6.01. The molecule has 12 atom stereocenters. The smallest absolute Gasteiger partial charge is 0.315 e. The maximum Gasteiger partial charge on any atom is 0.315 e. The molecule has 7 aliphatic rings. The molecule has 7 rings (SSSR count). The molecule has 0 amide bonds. The van der Waals surface area contributed by atoms with Gasteiger partial charge in [0.1, 0.15) is 5.41 Å². The molecule has 24 heavy (non-hydrogen) atoms. The Kier molecular flexibility index (Phi) is 2.12. The van der Waals surface area contributed by atoms with Gasteiger partial charge in [-0.2, -0.15) is 0 Å². The Morgan fingerprint density at radius 1 is 0.917 bits per heavy atom. The summed E-state index contributed by atoms with van der Waals surface area (Å²) in [6.07, 6.45) is 8.86. The van der Waals surface area contributed by atoms with E-state index in [1.165, 1.54) is 44.9 Å². The summed E-state index contributed by atoms with van der Waals surface area (Å²) >= 11 is 0. The van der Waals surface area contributed by atoms with Crippen molar-refractivity contribution in [1.29, 1.82) is 0 Å². The van der Waals surface area contributed by atoms with Crippen LogP contribution in [0.5, 0.6) is 0 Å². The van der Waals surface area contributed by atoms with E-state index in [-0.39, 0.29) is 5.97 Å². The molecule has 7 saturated carbocycles. The number of rotatable bonds is 1. The molecular weight excluding hydrogens is 300 g/mol. The van der Waals surface area contributed by atoms with Gasteiger partial charge in [0.05, 0.1) is 12.7 Å². The molecule has 3 nitrogen and oxygen atoms in total. The molecule has 7 fully saturated rings. The number of esters is 1. The van der Waals surface area contributed by atoms with Crippen molar-refractivity contribution in [2.75, 3.05) is 7.11 Å². The molecule has 3 heteroatoms. The van der Waals surface area contributed by atoms with Gasteiger partial charge in [0.2, 0.25) is 0 Å². The second-order valence-electron chi connectivity index (χ2n) is 10.4. The van der Waals surface area contributed by atoms with Crippen LogP contribution in [0.4, 0.5) is 0 Å². The normalized spacial score (nSPS) is 69.4. The third-order valence-corrected chi connectivity index (χ3v) is 10.9. The minimum atomic E-state index is -0.719. The third kappa shape index (κ3) is 0.982. The topological polar surface area (TPSA) is 46.5 Å². The minimum Gasteiger partial charge on any atom is -0.468 e. The summed E-state index contributed by atoms with van der Waals surface area (Å²) in [5.41, 5.74) is -1.26. The van der Waals surface area contributed by atoms with E-state index in [1.807, 2.05) is 0 Å². The zero-order chi connectivity index (χ0) is 16.0. The van der Waals surface area contributed by atoms with Crippen LogP contribution in [-0.4, -0.2) is 23.8 Å². The Hall–Kier alpha value is -0.570. The Morgan fingerprint density at radius 2 is 1.67 bits per heavy atom. The Labute approximate surface area is 143 Å². The number of carbonyl (C=O) groups is 1. The van der Waals surface area contributed by atoms with Gasteiger partial charge in [-0.1, -0.05) is 6.42 Å². The van der Waals surface area contributed by atoms with E-state index in [1.54, 1.807) is 7.11 Å². The highest BCUT2D eigenvalue weighted by molar-refractivity contribution is 5.81. The van der Waals surface area contributed by atoms with Gasteiger partial charge >= 0.3 is 5.97 Å². The van der Waals surface area contributed by atoms with Crippen molar-refractivity contribution in [3.8, 4) is 0 Å². The lowest BCUT2D eigenvalue weighted by atomic mass is 9.42. The SMILES string of the molecule is COC(=O)[C@]12[C@H]3C[C@@H]([C@@H]4CCC[C@@H]43)[C@@H]3[C@@H]4C[C@H]1[C@H]1CC[C@@H]([C@H]41)[C@]32O. The Morgan fingerprint density at radius 3 is 2.50 bits per heavy atom. The van der Waals surface area contributed by atoms with Crippen LogP contribution in [0.2, 0.25) is 0 Å². The average molecular weight is 328 g/mol. The molecule has 0 aromatic heterocycles. The van der Waals surface area contributed by atoms with Crippen LogP contribution in [0, 0.1) is 64.6 Å². The summed E-state index contributed by atoms with van der Waals surface area (Å²) in [5, 5.41) is 12.4. The van der Waals surface area contributed by atoms with Crippen LogP contribution >= 0.6 is 0 Å². The molecule has 7 bridgehead atoms. The van der Waals surface area contributed by atoms with Gasteiger partial charge in [-0.25, -0.2) is 0 Å². The van der Waals surface area contributed by atoms with Gasteiger partial charge in [-0.15, -0.1) is 0 Å².